The van der Waals surface area contributed by atoms with Gasteiger partial charge in [0.05, 0.1) is 6.10 Å². The van der Waals surface area contributed by atoms with Crippen LogP contribution in [0.3, 0.4) is 0 Å². The summed E-state index contributed by atoms with van der Waals surface area (Å²) in [5.74, 6) is 0. The molecule has 0 saturated carbocycles. The second-order valence-electron chi connectivity index (χ2n) is 2.12. The number of aliphatic hydroxyl groups excluding tert-OH is 1. The van der Waals surface area contributed by atoms with E-state index in [-0.39, 0.29) is 0 Å². The van der Waals surface area contributed by atoms with Crippen LogP contribution in [0.2, 0.25) is 0 Å². The van der Waals surface area contributed by atoms with Crippen molar-refractivity contribution in [1.29, 1.82) is 0 Å². The molecule has 0 spiro atoms. The lowest BCUT2D eigenvalue weighted by atomic mass is 10.2. The average Bonchev–Trinajstić information content (AvgIpc) is 1.63. The molecule has 0 aliphatic rings. The molecule has 0 fully saturated rings. The van der Waals surface area contributed by atoms with Crippen LogP contribution in [0.5, 0.6) is 0 Å². The lowest BCUT2D eigenvalue weighted by molar-refractivity contribution is -0.107. The Morgan fingerprint density at radius 2 is 2.33 bits per heavy atom. The number of aldehydes is 1. The number of aliphatic hydroxyl groups is 1. The number of rotatable bonds is 3. The number of hydrogen-bond acceptors (Lipinski definition) is 2. The fraction of sp³-hybridized carbons (Fsp3) is 0.571. The minimum atomic E-state index is -0.440. The van der Waals surface area contributed by atoms with Crippen molar-refractivity contribution in [1.82, 2.24) is 0 Å². The van der Waals surface area contributed by atoms with E-state index in [4.69, 9.17) is 5.11 Å². The van der Waals surface area contributed by atoms with E-state index in [9.17, 15) is 4.79 Å². The summed E-state index contributed by atoms with van der Waals surface area (Å²) in [6.07, 6.45) is 2.47. The van der Waals surface area contributed by atoms with E-state index in [2.05, 4.69) is 0 Å². The molecule has 0 heterocycles. The van der Waals surface area contributed by atoms with E-state index in [1.807, 2.05) is 6.92 Å². The summed E-state index contributed by atoms with van der Waals surface area (Å²) in [5, 5.41) is 8.76. The quantitative estimate of drug-likeness (QED) is 0.453. The lowest BCUT2D eigenvalue weighted by Crippen LogP contribution is -1.94. The smallest absolute Gasteiger partial charge is 0.124 e. The fourth-order valence-electron chi connectivity index (χ4n) is 0.611. The Morgan fingerprint density at radius 1 is 1.78 bits per heavy atom. The van der Waals surface area contributed by atoms with Crippen LogP contribution in [0.4, 0.5) is 0 Å². The van der Waals surface area contributed by atoms with Crippen molar-refractivity contribution >= 4 is 6.29 Å². The zero-order valence-corrected chi connectivity index (χ0v) is 5.79. The van der Waals surface area contributed by atoms with E-state index >= 15 is 0 Å². The summed E-state index contributed by atoms with van der Waals surface area (Å²) >= 11 is 0. The largest absolute Gasteiger partial charge is 0.389 e. The van der Waals surface area contributed by atoms with E-state index in [0.29, 0.717) is 6.42 Å². The summed E-state index contributed by atoms with van der Waals surface area (Å²) in [4.78, 5) is 9.87. The molecule has 1 unspecified atom stereocenters. The standard InChI is InChI=1S/C7H12O2/c1-6(3-4-8)5-7(2)9/h4-5,7,9H,3H2,1-2H3. The molecule has 0 aromatic heterocycles. The third kappa shape index (κ3) is 5.24. The number of carbonyl (C=O) groups excluding carboxylic acids is 1. The predicted molar refractivity (Wildman–Crippen MR) is 36.1 cm³/mol. The van der Waals surface area contributed by atoms with Crippen molar-refractivity contribution in [2.45, 2.75) is 26.4 Å². The van der Waals surface area contributed by atoms with Gasteiger partial charge in [-0.2, -0.15) is 0 Å². The van der Waals surface area contributed by atoms with E-state index < -0.39 is 6.10 Å². The summed E-state index contributed by atoms with van der Waals surface area (Å²) in [7, 11) is 0. The molecule has 0 aromatic carbocycles. The van der Waals surface area contributed by atoms with Crippen LogP contribution in [0.25, 0.3) is 0 Å². The first-order chi connectivity index (χ1) is 4.16. The summed E-state index contributed by atoms with van der Waals surface area (Å²) in [5.41, 5.74) is 0.917. The third-order valence-electron chi connectivity index (χ3n) is 0.931. The monoisotopic (exact) mass is 128 g/mol. The number of hydrogen-bond donors (Lipinski definition) is 1. The molecule has 0 aliphatic heterocycles. The van der Waals surface area contributed by atoms with Crippen LogP contribution in [0, 0.1) is 0 Å². The highest BCUT2D eigenvalue weighted by molar-refractivity contribution is 5.53. The molecule has 1 atom stereocenters. The second kappa shape index (κ2) is 4.27. The second-order valence-corrected chi connectivity index (χ2v) is 2.12. The van der Waals surface area contributed by atoms with Crippen LogP contribution in [-0.4, -0.2) is 17.5 Å². The Bertz CT molecular complexity index is 114. The molecule has 0 saturated heterocycles. The van der Waals surface area contributed by atoms with Crippen LogP contribution in [0.1, 0.15) is 20.3 Å². The Hall–Kier alpha value is -0.630. The normalized spacial score (nSPS) is 15.2. The summed E-state index contributed by atoms with van der Waals surface area (Å²) < 4.78 is 0. The van der Waals surface area contributed by atoms with Gasteiger partial charge in [-0.1, -0.05) is 11.6 Å². The maximum Gasteiger partial charge on any atom is 0.124 e. The van der Waals surface area contributed by atoms with Crippen LogP contribution in [0.15, 0.2) is 11.6 Å². The van der Waals surface area contributed by atoms with Gasteiger partial charge < -0.3 is 9.90 Å². The first kappa shape index (κ1) is 8.37. The fourth-order valence-corrected chi connectivity index (χ4v) is 0.611. The molecule has 52 valence electrons. The van der Waals surface area contributed by atoms with Gasteiger partial charge >= 0.3 is 0 Å². The van der Waals surface area contributed by atoms with Gasteiger partial charge in [0, 0.05) is 6.42 Å². The molecule has 0 rings (SSSR count). The molecule has 2 heteroatoms. The van der Waals surface area contributed by atoms with Gasteiger partial charge in [0.2, 0.25) is 0 Å². The minimum Gasteiger partial charge on any atom is -0.389 e. The van der Waals surface area contributed by atoms with E-state index in [0.717, 1.165) is 11.9 Å². The van der Waals surface area contributed by atoms with Gasteiger partial charge in [0.1, 0.15) is 6.29 Å². The predicted octanol–water partition coefficient (Wildman–Crippen LogP) is 0.903. The molecule has 0 bridgehead atoms. The first-order valence-electron chi connectivity index (χ1n) is 2.96. The average molecular weight is 128 g/mol. The van der Waals surface area contributed by atoms with Crippen LogP contribution in [-0.2, 0) is 4.79 Å². The van der Waals surface area contributed by atoms with Gasteiger partial charge in [-0.25, -0.2) is 0 Å². The van der Waals surface area contributed by atoms with Gasteiger partial charge in [-0.05, 0) is 13.8 Å². The molecular weight excluding hydrogens is 116 g/mol. The van der Waals surface area contributed by atoms with Crippen LogP contribution >= 0.6 is 0 Å². The molecule has 0 aliphatic carbocycles. The number of allylic oxidation sites excluding steroid dienone is 1. The van der Waals surface area contributed by atoms with Crippen molar-refractivity contribution in [3.63, 3.8) is 0 Å². The Labute approximate surface area is 55.2 Å². The first-order valence-corrected chi connectivity index (χ1v) is 2.96. The lowest BCUT2D eigenvalue weighted by Gasteiger charge is -1.96. The van der Waals surface area contributed by atoms with Gasteiger partial charge in [-0.3, -0.25) is 0 Å². The Kier molecular flexibility index (Phi) is 3.97. The highest BCUT2D eigenvalue weighted by Crippen LogP contribution is 1.97. The molecule has 0 radical (unpaired) electrons. The molecule has 1 N–H and O–H groups in total. The van der Waals surface area contributed by atoms with Crippen molar-refractivity contribution in [2.24, 2.45) is 0 Å². The van der Waals surface area contributed by atoms with Crippen molar-refractivity contribution in [3.05, 3.63) is 11.6 Å². The molecule has 2 nitrogen and oxygen atoms in total. The summed E-state index contributed by atoms with van der Waals surface area (Å²) in [6, 6.07) is 0. The van der Waals surface area contributed by atoms with Crippen molar-refractivity contribution < 1.29 is 9.90 Å². The number of carbonyl (C=O) groups is 1. The van der Waals surface area contributed by atoms with Gasteiger partial charge in [0.15, 0.2) is 0 Å². The summed E-state index contributed by atoms with van der Waals surface area (Å²) in [6.45, 7) is 3.48. The van der Waals surface area contributed by atoms with Gasteiger partial charge in [-0.15, -0.1) is 0 Å². The minimum absolute atomic E-state index is 0.422. The third-order valence-corrected chi connectivity index (χ3v) is 0.931. The zero-order chi connectivity index (χ0) is 7.28. The zero-order valence-electron chi connectivity index (χ0n) is 5.79. The highest BCUT2D eigenvalue weighted by Gasteiger charge is 1.90. The SMILES string of the molecule is CC(=CC(C)O)CC=O. The Balaban J connectivity index is 3.68. The Morgan fingerprint density at radius 3 is 2.67 bits per heavy atom. The van der Waals surface area contributed by atoms with Crippen LogP contribution < -0.4 is 0 Å². The van der Waals surface area contributed by atoms with Crippen molar-refractivity contribution in [2.75, 3.05) is 0 Å². The highest BCUT2D eigenvalue weighted by atomic mass is 16.3. The van der Waals surface area contributed by atoms with E-state index in [1.54, 1.807) is 13.0 Å². The molecule has 0 amide bonds. The molecule has 9 heavy (non-hydrogen) atoms. The van der Waals surface area contributed by atoms with E-state index in [1.165, 1.54) is 0 Å². The van der Waals surface area contributed by atoms with Gasteiger partial charge in [0.25, 0.3) is 0 Å². The van der Waals surface area contributed by atoms with Crippen molar-refractivity contribution in [3.8, 4) is 0 Å². The maximum absolute atomic E-state index is 9.87. The molecule has 0 aromatic rings. The molecular formula is C7H12O2. The maximum atomic E-state index is 9.87. The topological polar surface area (TPSA) is 37.3 Å².